The van der Waals surface area contributed by atoms with Gasteiger partial charge in [0, 0.05) is 6.54 Å². The first-order chi connectivity index (χ1) is 15.1. The molecule has 1 saturated heterocycles. The van der Waals surface area contributed by atoms with Crippen molar-refractivity contribution in [1.29, 1.82) is 0 Å². The predicted octanol–water partition coefficient (Wildman–Crippen LogP) is 4.62. The number of hydrogen-bond donors (Lipinski definition) is 1. The summed E-state index contributed by atoms with van der Waals surface area (Å²) in [6.45, 7) is 9.84. The zero-order valence-electron chi connectivity index (χ0n) is 19.1. The van der Waals surface area contributed by atoms with Gasteiger partial charge in [0.1, 0.15) is 18.0 Å². The second-order valence-corrected chi connectivity index (χ2v) is 8.87. The molecule has 1 fully saturated rings. The Hall–Kier alpha value is -3.06. The fraction of sp³-hybridized carbons (Fsp3) is 0.440. The molecule has 2 atom stereocenters. The van der Waals surface area contributed by atoms with Gasteiger partial charge < -0.3 is 24.2 Å². The second kappa shape index (κ2) is 9.61. The van der Waals surface area contributed by atoms with Crippen molar-refractivity contribution in [3.8, 4) is 5.75 Å². The third-order valence-corrected chi connectivity index (χ3v) is 5.36. The second-order valence-electron chi connectivity index (χ2n) is 8.87. The van der Waals surface area contributed by atoms with E-state index in [4.69, 9.17) is 14.2 Å². The standard InChI is InChI=1S/C25H31NO6/c1-6-13-31-17-7-8-18-20(23(28)30-5)10-9-19(21(18)15-17)22-14-16(27)11-12-26(22)24(29)32-25(2,3)4/h6-10,15-16,22,27H,1,11-14H2,2-5H3/t16-,22-/m0/s1. The van der Waals surface area contributed by atoms with Crippen LogP contribution in [0.2, 0.25) is 0 Å². The van der Waals surface area contributed by atoms with Crippen LogP contribution in [0.15, 0.2) is 43.0 Å². The van der Waals surface area contributed by atoms with Gasteiger partial charge in [-0.05, 0) is 74.2 Å². The van der Waals surface area contributed by atoms with Crippen LogP contribution in [0.25, 0.3) is 10.8 Å². The van der Waals surface area contributed by atoms with E-state index in [0.29, 0.717) is 42.7 Å². The zero-order chi connectivity index (χ0) is 23.5. The van der Waals surface area contributed by atoms with Crippen LogP contribution in [-0.2, 0) is 9.47 Å². The first-order valence-corrected chi connectivity index (χ1v) is 10.7. The molecule has 1 aliphatic rings. The van der Waals surface area contributed by atoms with Crippen molar-refractivity contribution in [2.24, 2.45) is 0 Å². The highest BCUT2D eigenvalue weighted by atomic mass is 16.6. The minimum Gasteiger partial charge on any atom is -0.490 e. The summed E-state index contributed by atoms with van der Waals surface area (Å²) in [5.41, 5.74) is 0.586. The van der Waals surface area contributed by atoms with Gasteiger partial charge in [0.15, 0.2) is 0 Å². The molecule has 0 aliphatic carbocycles. The van der Waals surface area contributed by atoms with Crippen LogP contribution in [0.4, 0.5) is 4.79 Å². The number of carbonyl (C=O) groups excluding carboxylic acids is 2. The van der Waals surface area contributed by atoms with Crippen molar-refractivity contribution in [1.82, 2.24) is 4.90 Å². The van der Waals surface area contributed by atoms with Gasteiger partial charge in [0.2, 0.25) is 0 Å². The molecular formula is C25H31NO6. The number of aliphatic hydroxyl groups excluding tert-OH is 1. The Balaban J connectivity index is 2.13. The predicted molar refractivity (Wildman–Crippen MR) is 122 cm³/mol. The Kier molecular flexibility index (Phi) is 7.09. The van der Waals surface area contributed by atoms with Crippen molar-refractivity contribution < 1.29 is 28.9 Å². The molecule has 1 heterocycles. The minimum atomic E-state index is -0.639. The van der Waals surface area contributed by atoms with Crippen LogP contribution < -0.4 is 4.74 Å². The van der Waals surface area contributed by atoms with Crippen LogP contribution in [0.3, 0.4) is 0 Å². The Morgan fingerprint density at radius 3 is 2.62 bits per heavy atom. The van der Waals surface area contributed by atoms with Crippen molar-refractivity contribution in [2.75, 3.05) is 20.3 Å². The fourth-order valence-corrected chi connectivity index (χ4v) is 3.95. The quantitative estimate of drug-likeness (QED) is 0.538. The molecule has 3 rings (SSSR count). The Labute approximate surface area is 188 Å². The lowest BCUT2D eigenvalue weighted by molar-refractivity contribution is -0.00820. The lowest BCUT2D eigenvalue weighted by Gasteiger charge is -2.39. The summed E-state index contributed by atoms with van der Waals surface area (Å²) < 4.78 is 16.3. The average molecular weight is 442 g/mol. The number of esters is 1. The smallest absolute Gasteiger partial charge is 0.410 e. The molecule has 0 aromatic heterocycles. The Morgan fingerprint density at radius 1 is 1.22 bits per heavy atom. The number of methoxy groups -OCH3 is 1. The van der Waals surface area contributed by atoms with E-state index in [1.165, 1.54) is 7.11 Å². The largest absolute Gasteiger partial charge is 0.490 e. The molecule has 2 aromatic rings. The molecule has 0 bridgehead atoms. The number of aliphatic hydroxyl groups is 1. The fourth-order valence-electron chi connectivity index (χ4n) is 3.95. The first-order valence-electron chi connectivity index (χ1n) is 10.7. The summed E-state index contributed by atoms with van der Waals surface area (Å²) in [5.74, 6) is 0.162. The highest BCUT2D eigenvalue weighted by Gasteiger charge is 2.35. The van der Waals surface area contributed by atoms with Crippen molar-refractivity contribution >= 4 is 22.8 Å². The summed E-state index contributed by atoms with van der Waals surface area (Å²) in [6, 6.07) is 8.52. The lowest BCUT2D eigenvalue weighted by Crippen LogP contribution is -2.45. The SMILES string of the molecule is C=CCOc1ccc2c(C(=O)OC)ccc([C@@H]3C[C@@H](O)CCN3C(=O)OC(C)(C)C)c2c1. The summed E-state index contributed by atoms with van der Waals surface area (Å²) in [6.07, 6.45) is 1.51. The molecule has 32 heavy (non-hydrogen) atoms. The number of nitrogens with zero attached hydrogens (tertiary/aromatic N) is 1. The van der Waals surface area contributed by atoms with Gasteiger partial charge in [-0.25, -0.2) is 9.59 Å². The van der Waals surface area contributed by atoms with Crippen LogP contribution in [0, 0.1) is 0 Å². The number of hydrogen-bond acceptors (Lipinski definition) is 6. The van der Waals surface area contributed by atoms with E-state index in [2.05, 4.69) is 6.58 Å². The maximum Gasteiger partial charge on any atom is 0.410 e. The molecule has 7 nitrogen and oxygen atoms in total. The van der Waals surface area contributed by atoms with Crippen LogP contribution >= 0.6 is 0 Å². The number of fused-ring (bicyclic) bond motifs is 1. The maximum absolute atomic E-state index is 13.0. The molecule has 0 radical (unpaired) electrons. The summed E-state index contributed by atoms with van der Waals surface area (Å²) in [4.78, 5) is 27.0. The highest BCUT2D eigenvalue weighted by molar-refractivity contribution is 6.06. The number of rotatable bonds is 5. The van der Waals surface area contributed by atoms with Gasteiger partial charge in [-0.3, -0.25) is 0 Å². The van der Waals surface area contributed by atoms with E-state index in [9.17, 15) is 14.7 Å². The van der Waals surface area contributed by atoms with Crippen molar-refractivity contribution in [3.05, 3.63) is 54.1 Å². The van der Waals surface area contributed by atoms with Gasteiger partial charge in [-0.15, -0.1) is 0 Å². The monoisotopic (exact) mass is 441 g/mol. The highest BCUT2D eigenvalue weighted by Crippen LogP contribution is 2.38. The van der Waals surface area contributed by atoms with E-state index < -0.39 is 29.8 Å². The number of ether oxygens (including phenoxy) is 3. The Morgan fingerprint density at radius 2 is 1.97 bits per heavy atom. The minimum absolute atomic E-state index is 0.337. The number of amides is 1. The zero-order valence-corrected chi connectivity index (χ0v) is 19.1. The summed E-state index contributed by atoms with van der Waals surface area (Å²) >= 11 is 0. The number of carbonyl (C=O) groups is 2. The molecular weight excluding hydrogens is 410 g/mol. The molecule has 7 heteroatoms. The van der Waals surface area contributed by atoms with Gasteiger partial charge in [0.05, 0.1) is 24.8 Å². The van der Waals surface area contributed by atoms with Crippen LogP contribution in [-0.4, -0.2) is 54.0 Å². The third kappa shape index (κ3) is 5.22. The van der Waals surface area contributed by atoms with Gasteiger partial charge >= 0.3 is 12.1 Å². The molecule has 1 N–H and O–H groups in total. The van der Waals surface area contributed by atoms with Crippen LogP contribution in [0.5, 0.6) is 5.75 Å². The summed E-state index contributed by atoms with van der Waals surface area (Å²) in [7, 11) is 1.34. The van der Waals surface area contributed by atoms with Gasteiger partial charge in [-0.1, -0.05) is 18.7 Å². The third-order valence-electron chi connectivity index (χ3n) is 5.36. The van der Waals surface area contributed by atoms with Crippen LogP contribution in [0.1, 0.15) is 55.6 Å². The van der Waals surface area contributed by atoms with E-state index in [1.54, 1.807) is 29.2 Å². The molecule has 1 amide bonds. The maximum atomic E-state index is 13.0. The topological polar surface area (TPSA) is 85.3 Å². The molecule has 0 unspecified atom stereocenters. The number of piperidine rings is 1. The number of benzene rings is 2. The van der Waals surface area contributed by atoms with E-state index in [-0.39, 0.29) is 0 Å². The van der Waals surface area contributed by atoms with E-state index in [0.717, 1.165) is 10.9 Å². The average Bonchev–Trinajstić information content (AvgIpc) is 2.74. The normalized spacial score (nSPS) is 18.8. The Bertz CT molecular complexity index is 1010. The molecule has 0 spiro atoms. The van der Waals surface area contributed by atoms with Gasteiger partial charge in [0.25, 0.3) is 0 Å². The van der Waals surface area contributed by atoms with Crippen molar-refractivity contribution in [2.45, 2.75) is 51.4 Å². The summed E-state index contributed by atoms with van der Waals surface area (Å²) in [5, 5.41) is 11.8. The van der Waals surface area contributed by atoms with Crippen molar-refractivity contribution in [3.63, 3.8) is 0 Å². The van der Waals surface area contributed by atoms with E-state index >= 15 is 0 Å². The molecule has 0 saturated carbocycles. The molecule has 2 aromatic carbocycles. The number of likely N-dealkylation sites (tertiary alicyclic amines) is 1. The molecule has 1 aliphatic heterocycles. The van der Waals surface area contributed by atoms with Gasteiger partial charge in [-0.2, -0.15) is 0 Å². The first kappa shape index (κ1) is 23.6. The van der Waals surface area contributed by atoms with E-state index in [1.807, 2.05) is 32.9 Å². The molecule has 172 valence electrons. The lowest BCUT2D eigenvalue weighted by atomic mass is 9.88.